The zero-order chi connectivity index (χ0) is 16.2. The number of sulfonamides is 1. The molecule has 0 radical (unpaired) electrons. The van der Waals surface area contributed by atoms with Crippen LogP contribution in [-0.4, -0.2) is 19.2 Å². The fourth-order valence-electron chi connectivity index (χ4n) is 2.13. The lowest BCUT2D eigenvalue weighted by molar-refractivity contribution is 0.579. The van der Waals surface area contributed by atoms with Crippen LogP contribution in [0.1, 0.15) is 40.1 Å². The molecular weight excluding hydrogens is 316 g/mol. The zero-order valence-electron chi connectivity index (χ0n) is 13.2. The number of benzene rings is 1. The number of rotatable bonds is 7. The van der Waals surface area contributed by atoms with Crippen molar-refractivity contribution in [1.82, 2.24) is 9.71 Å². The molecule has 0 saturated carbocycles. The second-order valence-corrected chi connectivity index (χ2v) is 8.51. The monoisotopic (exact) mass is 338 g/mol. The largest absolute Gasteiger partial charge is 0.245 e. The van der Waals surface area contributed by atoms with E-state index in [2.05, 4.69) is 40.9 Å². The van der Waals surface area contributed by atoms with E-state index in [1.807, 2.05) is 13.8 Å². The summed E-state index contributed by atoms with van der Waals surface area (Å²) in [6, 6.07) is 8.45. The van der Waals surface area contributed by atoms with E-state index in [4.69, 9.17) is 0 Å². The van der Waals surface area contributed by atoms with E-state index in [9.17, 15) is 8.42 Å². The lowest BCUT2D eigenvalue weighted by atomic mass is 10.1. The smallest absolute Gasteiger partial charge is 0.211 e. The Morgan fingerprint density at radius 3 is 2.50 bits per heavy atom. The number of aromatic nitrogens is 1. The zero-order valence-corrected chi connectivity index (χ0v) is 14.9. The molecule has 4 nitrogen and oxygen atoms in total. The summed E-state index contributed by atoms with van der Waals surface area (Å²) in [5.74, 6) is 0.160. The van der Waals surface area contributed by atoms with E-state index in [1.54, 1.807) is 11.3 Å². The molecule has 22 heavy (non-hydrogen) atoms. The van der Waals surface area contributed by atoms with Gasteiger partial charge in [0.25, 0.3) is 0 Å². The Morgan fingerprint density at radius 2 is 1.86 bits per heavy atom. The molecule has 0 saturated heterocycles. The first-order valence-corrected chi connectivity index (χ1v) is 9.84. The number of hydrogen-bond acceptors (Lipinski definition) is 4. The summed E-state index contributed by atoms with van der Waals surface area (Å²) >= 11 is 1.58. The van der Waals surface area contributed by atoms with E-state index in [0.717, 1.165) is 17.1 Å². The Balaban J connectivity index is 2.03. The highest BCUT2D eigenvalue weighted by atomic mass is 32.2. The van der Waals surface area contributed by atoms with Gasteiger partial charge in [-0.1, -0.05) is 36.8 Å². The van der Waals surface area contributed by atoms with E-state index >= 15 is 0 Å². The minimum Gasteiger partial charge on any atom is -0.245 e. The molecule has 6 heteroatoms. The fourth-order valence-corrected chi connectivity index (χ4v) is 4.31. The van der Waals surface area contributed by atoms with E-state index < -0.39 is 10.0 Å². The third-order valence-electron chi connectivity index (χ3n) is 3.34. The van der Waals surface area contributed by atoms with Gasteiger partial charge in [0.2, 0.25) is 10.0 Å². The molecule has 0 atom stereocenters. The first kappa shape index (κ1) is 17.1. The van der Waals surface area contributed by atoms with Gasteiger partial charge in [0.1, 0.15) is 5.01 Å². The minimum absolute atomic E-state index is 0.160. The molecule has 0 aliphatic carbocycles. The van der Waals surface area contributed by atoms with Crippen molar-refractivity contribution in [2.75, 3.05) is 5.75 Å². The highest BCUT2D eigenvalue weighted by Gasteiger charge is 2.12. The Bertz CT molecular complexity index is 719. The molecule has 2 rings (SSSR count). The van der Waals surface area contributed by atoms with Gasteiger partial charge in [-0.25, -0.2) is 18.1 Å². The molecule has 0 fully saturated rings. The Hall–Kier alpha value is -1.24. The predicted octanol–water partition coefficient (Wildman–Crippen LogP) is 3.18. The number of nitrogens with zero attached hydrogens (tertiary/aromatic N) is 1. The number of thiazole rings is 1. The minimum atomic E-state index is -3.18. The first-order valence-electron chi connectivity index (χ1n) is 7.37. The number of hydrogen-bond donors (Lipinski definition) is 1. The second kappa shape index (κ2) is 7.35. The Kier molecular flexibility index (Phi) is 5.72. The van der Waals surface area contributed by atoms with Crippen LogP contribution in [0.5, 0.6) is 0 Å². The van der Waals surface area contributed by atoms with Crippen LogP contribution in [0.15, 0.2) is 24.3 Å². The van der Waals surface area contributed by atoms with Crippen molar-refractivity contribution in [3.05, 3.63) is 51.0 Å². The number of aryl methyl sites for hydroxylation is 2. The van der Waals surface area contributed by atoms with Gasteiger partial charge in [-0.05, 0) is 25.8 Å². The molecule has 1 heterocycles. The van der Waals surface area contributed by atoms with E-state index in [0.29, 0.717) is 6.42 Å². The van der Waals surface area contributed by atoms with Gasteiger partial charge in [0.05, 0.1) is 18.0 Å². The summed E-state index contributed by atoms with van der Waals surface area (Å²) in [7, 11) is -3.18. The standard InChI is InChI=1S/C16H22N2O2S2/c1-4-9-22(19,20)17-11-16-18-13(3)15(21-16)10-14-7-5-12(2)6-8-14/h5-8,17H,4,9-11H2,1-3H3. The van der Waals surface area contributed by atoms with Crippen molar-refractivity contribution in [3.63, 3.8) is 0 Å². The quantitative estimate of drug-likeness (QED) is 0.843. The van der Waals surface area contributed by atoms with Crippen LogP contribution in [0.2, 0.25) is 0 Å². The average Bonchev–Trinajstić information content (AvgIpc) is 2.80. The first-order chi connectivity index (χ1) is 10.4. The van der Waals surface area contributed by atoms with Crippen LogP contribution in [0, 0.1) is 13.8 Å². The number of nitrogens with one attached hydrogen (secondary N) is 1. The van der Waals surface area contributed by atoms with Crippen LogP contribution >= 0.6 is 11.3 Å². The van der Waals surface area contributed by atoms with Gasteiger partial charge in [0.15, 0.2) is 0 Å². The molecule has 1 N–H and O–H groups in total. The molecular formula is C16H22N2O2S2. The summed E-state index contributed by atoms with van der Waals surface area (Å²) in [5.41, 5.74) is 3.47. The van der Waals surface area contributed by atoms with Gasteiger partial charge in [-0.3, -0.25) is 0 Å². The molecule has 0 bridgehead atoms. The third-order valence-corrected chi connectivity index (χ3v) is 6.03. The topological polar surface area (TPSA) is 59.1 Å². The Labute approximate surface area is 136 Å². The maximum Gasteiger partial charge on any atom is 0.211 e. The second-order valence-electron chi connectivity index (χ2n) is 5.42. The van der Waals surface area contributed by atoms with Crippen LogP contribution in [0.4, 0.5) is 0 Å². The fraction of sp³-hybridized carbons (Fsp3) is 0.438. The molecule has 2 aromatic rings. The molecule has 0 spiro atoms. The summed E-state index contributed by atoms with van der Waals surface area (Å²) in [6.45, 7) is 6.18. The molecule has 0 unspecified atom stereocenters. The van der Waals surface area contributed by atoms with E-state index in [-0.39, 0.29) is 12.3 Å². The van der Waals surface area contributed by atoms with Crippen molar-refractivity contribution >= 4 is 21.4 Å². The van der Waals surface area contributed by atoms with Gasteiger partial charge < -0.3 is 0 Å². The van der Waals surface area contributed by atoms with Gasteiger partial charge in [-0.2, -0.15) is 0 Å². The predicted molar refractivity (Wildman–Crippen MR) is 91.8 cm³/mol. The van der Waals surface area contributed by atoms with Crippen LogP contribution in [-0.2, 0) is 23.0 Å². The Morgan fingerprint density at radius 1 is 1.18 bits per heavy atom. The molecule has 120 valence electrons. The van der Waals surface area contributed by atoms with Gasteiger partial charge in [0, 0.05) is 11.3 Å². The molecule has 1 aromatic carbocycles. The SMILES string of the molecule is CCCS(=O)(=O)NCc1nc(C)c(Cc2ccc(C)cc2)s1. The molecule has 0 aliphatic rings. The maximum atomic E-state index is 11.7. The summed E-state index contributed by atoms with van der Waals surface area (Å²) in [5, 5.41) is 0.819. The highest BCUT2D eigenvalue weighted by Crippen LogP contribution is 2.22. The molecule has 1 aromatic heterocycles. The lowest BCUT2D eigenvalue weighted by Crippen LogP contribution is -2.25. The van der Waals surface area contributed by atoms with Crippen molar-refractivity contribution in [1.29, 1.82) is 0 Å². The summed E-state index contributed by atoms with van der Waals surface area (Å²) < 4.78 is 26.0. The summed E-state index contributed by atoms with van der Waals surface area (Å²) in [6.07, 6.45) is 1.45. The molecule has 0 amide bonds. The van der Waals surface area contributed by atoms with Crippen LogP contribution in [0.25, 0.3) is 0 Å². The summed E-state index contributed by atoms with van der Waals surface area (Å²) in [4.78, 5) is 5.67. The van der Waals surface area contributed by atoms with Crippen molar-refractivity contribution < 1.29 is 8.42 Å². The lowest BCUT2D eigenvalue weighted by Gasteiger charge is -2.02. The maximum absolute atomic E-state index is 11.7. The van der Waals surface area contributed by atoms with Crippen molar-refractivity contribution in [2.45, 2.75) is 40.2 Å². The highest BCUT2D eigenvalue weighted by molar-refractivity contribution is 7.89. The van der Waals surface area contributed by atoms with E-state index in [1.165, 1.54) is 16.0 Å². The molecule has 0 aliphatic heterocycles. The van der Waals surface area contributed by atoms with Crippen LogP contribution in [0.3, 0.4) is 0 Å². The van der Waals surface area contributed by atoms with Gasteiger partial charge >= 0.3 is 0 Å². The van der Waals surface area contributed by atoms with Crippen molar-refractivity contribution in [2.24, 2.45) is 0 Å². The average molecular weight is 338 g/mol. The third kappa shape index (κ3) is 4.90. The van der Waals surface area contributed by atoms with Gasteiger partial charge in [-0.15, -0.1) is 11.3 Å². The normalized spacial score (nSPS) is 11.8. The van der Waals surface area contributed by atoms with Crippen LogP contribution < -0.4 is 4.72 Å². The van der Waals surface area contributed by atoms with Crippen molar-refractivity contribution in [3.8, 4) is 0 Å².